The fraction of sp³-hybridized carbons (Fsp3) is 0.176. The van der Waals surface area contributed by atoms with Gasteiger partial charge in [0.05, 0.1) is 10.7 Å². The van der Waals surface area contributed by atoms with Gasteiger partial charge in [-0.15, -0.1) is 0 Å². The summed E-state index contributed by atoms with van der Waals surface area (Å²) in [5, 5.41) is 5.97. The topological polar surface area (TPSA) is 58.2 Å². The Morgan fingerprint density at radius 2 is 1.77 bits per heavy atom. The monoisotopic (exact) mass is 316 g/mol. The van der Waals surface area contributed by atoms with Crippen molar-refractivity contribution < 1.29 is 9.59 Å². The lowest BCUT2D eigenvalue weighted by molar-refractivity contribution is -0.114. The van der Waals surface area contributed by atoms with Crippen LogP contribution in [0.4, 0.5) is 11.4 Å². The molecule has 4 nitrogen and oxygen atoms in total. The van der Waals surface area contributed by atoms with Crippen LogP contribution in [-0.4, -0.2) is 11.8 Å². The first-order valence-electron chi connectivity index (χ1n) is 6.82. The van der Waals surface area contributed by atoms with E-state index < -0.39 is 0 Å². The van der Waals surface area contributed by atoms with Gasteiger partial charge in [-0.25, -0.2) is 0 Å². The number of benzene rings is 2. The van der Waals surface area contributed by atoms with Crippen molar-refractivity contribution in [1.29, 1.82) is 0 Å². The molecular formula is C17H17ClN2O2. The highest BCUT2D eigenvalue weighted by molar-refractivity contribution is 6.34. The van der Waals surface area contributed by atoms with Crippen molar-refractivity contribution in [1.82, 2.24) is 0 Å². The van der Waals surface area contributed by atoms with Gasteiger partial charge in [0.15, 0.2) is 0 Å². The molecule has 2 N–H and O–H groups in total. The molecule has 114 valence electrons. The number of aryl methyl sites for hydroxylation is 2. The first-order chi connectivity index (χ1) is 10.4. The largest absolute Gasteiger partial charge is 0.326 e. The molecule has 0 heterocycles. The Morgan fingerprint density at radius 3 is 2.41 bits per heavy atom. The van der Waals surface area contributed by atoms with Crippen LogP contribution in [0.3, 0.4) is 0 Å². The van der Waals surface area contributed by atoms with Crippen molar-refractivity contribution in [2.75, 3.05) is 10.6 Å². The minimum atomic E-state index is -0.277. The quantitative estimate of drug-likeness (QED) is 0.893. The summed E-state index contributed by atoms with van der Waals surface area (Å²) in [5.41, 5.74) is 3.56. The summed E-state index contributed by atoms with van der Waals surface area (Å²) in [6.45, 7) is 5.26. The van der Waals surface area contributed by atoms with Gasteiger partial charge in [-0.3, -0.25) is 9.59 Å². The van der Waals surface area contributed by atoms with Gasteiger partial charge in [0, 0.05) is 18.2 Å². The van der Waals surface area contributed by atoms with Crippen LogP contribution in [0.1, 0.15) is 28.4 Å². The fourth-order valence-corrected chi connectivity index (χ4v) is 2.57. The van der Waals surface area contributed by atoms with Gasteiger partial charge in [-0.2, -0.15) is 0 Å². The third-order valence-electron chi connectivity index (χ3n) is 3.12. The van der Waals surface area contributed by atoms with E-state index in [9.17, 15) is 9.59 Å². The number of halogens is 1. The van der Waals surface area contributed by atoms with Crippen LogP contribution in [0.15, 0.2) is 36.4 Å². The zero-order valence-electron chi connectivity index (χ0n) is 12.7. The number of rotatable bonds is 3. The number of nitrogens with one attached hydrogen (secondary N) is 2. The molecule has 2 rings (SSSR count). The molecule has 0 unspecified atom stereocenters. The number of anilines is 2. The van der Waals surface area contributed by atoms with E-state index >= 15 is 0 Å². The predicted molar refractivity (Wildman–Crippen MR) is 89.6 cm³/mol. The van der Waals surface area contributed by atoms with Crippen LogP contribution in [0.5, 0.6) is 0 Å². The lowest BCUT2D eigenvalue weighted by Crippen LogP contribution is -2.14. The Labute approximate surface area is 134 Å². The van der Waals surface area contributed by atoms with Gasteiger partial charge in [0.2, 0.25) is 5.91 Å². The van der Waals surface area contributed by atoms with E-state index in [0.717, 1.165) is 11.1 Å². The number of hydrogen-bond acceptors (Lipinski definition) is 2. The molecule has 0 aliphatic heterocycles. The molecule has 0 radical (unpaired) electrons. The van der Waals surface area contributed by atoms with Crippen molar-refractivity contribution in [2.45, 2.75) is 20.8 Å². The summed E-state index contributed by atoms with van der Waals surface area (Å²) in [5.74, 6) is -0.462. The summed E-state index contributed by atoms with van der Waals surface area (Å²) < 4.78 is 0. The van der Waals surface area contributed by atoms with Gasteiger partial charge in [0.25, 0.3) is 5.91 Å². The van der Waals surface area contributed by atoms with Gasteiger partial charge in [0.1, 0.15) is 0 Å². The van der Waals surface area contributed by atoms with Crippen LogP contribution in [-0.2, 0) is 4.79 Å². The molecule has 0 aliphatic carbocycles. The molecule has 0 aromatic heterocycles. The maximum atomic E-state index is 12.4. The Kier molecular flexibility index (Phi) is 4.83. The highest BCUT2D eigenvalue weighted by atomic mass is 35.5. The number of amides is 2. The lowest BCUT2D eigenvalue weighted by atomic mass is 10.1. The molecular weight excluding hydrogens is 300 g/mol. The molecule has 2 amide bonds. The molecule has 2 aromatic rings. The van der Waals surface area contributed by atoms with E-state index in [4.69, 9.17) is 11.6 Å². The van der Waals surface area contributed by atoms with Gasteiger partial charge < -0.3 is 10.6 Å². The summed E-state index contributed by atoms with van der Waals surface area (Å²) in [4.78, 5) is 23.4. The van der Waals surface area contributed by atoms with Crippen molar-refractivity contribution in [2.24, 2.45) is 0 Å². The van der Waals surface area contributed by atoms with Crippen LogP contribution in [0, 0.1) is 13.8 Å². The standard InChI is InChI=1S/C17H17ClN2O2/c1-10-7-11(2)16(15(18)8-10)20-17(22)13-5-4-6-14(9-13)19-12(3)21/h4-9H,1-3H3,(H,19,21)(H,20,22). The van der Waals surface area contributed by atoms with Crippen molar-refractivity contribution in [3.8, 4) is 0 Å². The van der Waals surface area contributed by atoms with Crippen LogP contribution in [0.2, 0.25) is 5.02 Å². The molecule has 2 aromatic carbocycles. The Hall–Kier alpha value is -2.33. The Balaban J connectivity index is 2.25. The highest BCUT2D eigenvalue weighted by Crippen LogP contribution is 2.28. The number of carbonyl (C=O) groups excluding carboxylic acids is 2. The summed E-state index contributed by atoms with van der Waals surface area (Å²) in [7, 11) is 0. The van der Waals surface area contributed by atoms with E-state index in [1.165, 1.54) is 6.92 Å². The molecule has 0 saturated heterocycles. The molecule has 0 atom stereocenters. The zero-order valence-corrected chi connectivity index (χ0v) is 13.4. The zero-order chi connectivity index (χ0) is 16.3. The second-order valence-electron chi connectivity index (χ2n) is 5.15. The van der Waals surface area contributed by atoms with E-state index in [-0.39, 0.29) is 11.8 Å². The maximum Gasteiger partial charge on any atom is 0.255 e. The van der Waals surface area contributed by atoms with Gasteiger partial charge in [-0.05, 0) is 49.2 Å². The molecule has 22 heavy (non-hydrogen) atoms. The summed E-state index contributed by atoms with van der Waals surface area (Å²) in [6.07, 6.45) is 0. The molecule has 0 saturated carbocycles. The third-order valence-corrected chi connectivity index (χ3v) is 3.41. The van der Waals surface area contributed by atoms with Gasteiger partial charge >= 0.3 is 0 Å². The molecule has 5 heteroatoms. The van der Waals surface area contributed by atoms with E-state index in [2.05, 4.69) is 10.6 Å². The molecule has 0 aliphatic rings. The highest BCUT2D eigenvalue weighted by Gasteiger charge is 2.12. The number of carbonyl (C=O) groups is 2. The first-order valence-corrected chi connectivity index (χ1v) is 7.20. The second kappa shape index (κ2) is 6.62. The van der Waals surface area contributed by atoms with Crippen LogP contribution < -0.4 is 10.6 Å². The Bertz CT molecular complexity index is 718. The SMILES string of the molecule is CC(=O)Nc1cccc(C(=O)Nc2c(C)cc(C)cc2Cl)c1. The molecule has 0 fully saturated rings. The van der Waals surface area contributed by atoms with E-state index in [1.54, 1.807) is 30.3 Å². The summed E-state index contributed by atoms with van der Waals surface area (Å²) in [6, 6.07) is 10.5. The normalized spacial score (nSPS) is 10.2. The maximum absolute atomic E-state index is 12.4. The number of hydrogen-bond donors (Lipinski definition) is 2. The lowest BCUT2D eigenvalue weighted by Gasteiger charge is -2.12. The Morgan fingerprint density at radius 1 is 1.05 bits per heavy atom. The van der Waals surface area contributed by atoms with Gasteiger partial charge in [-0.1, -0.05) is 23.7 Å². The second-order valence-corrected chi connectivity index (χ2v) is 5.56. The van der Waals surface area contributed by atoms with Crippen molar-refractivity contribution in [3.63, 3.8) is 0 Å². The average molecular weight is 317 g/mol. The van der Waals surface area contributed by atoms with E-state index in [0.29, 0.717) is 22.0 Å². The first kappa shape index (κ1) is 16.0. The molecule has 0 spiro atoms. The fourth-order valence-electron chi connectivity index (χ4n) is 2.20. The van der Waals surface area contributed by atoms with Crippen LogP contribution >= 0.6 is 11.6 Å². The smallest absolute Gasteiger partial charge is 0.255 e. The average Bonchev–Trinajstić information content (AvgIpc) is 2.42. The van der Waals surface area contributed by atoms with E-state index in [1.807, 2.05) is 19.9 Å². The third kappa shape index (κ3) is 3.86. The summed E-state index contributed by atoms with van der Waals surface area (Å²) >= 11 is 6.19. The van der Waals surface area contributed by atoms with Crippen LogP contribution in [0.25, 0.3) is 0 Å². The predicted octanol–water partition coefficient (Wildman–Crippen LogP) is 4.17. The molecule has 0 bridgehead atoms. The van der Waals surface area contributed by atoms with Crippen molar-refractivity contribution >= 4 is 34.8 Å². The minimum Gasteiger partial charge on any atom is -0.326 e. The van der Waals surface area contributed by atoms with Crippen molar-refractivity contribution in [3.05, 3.63) is 58.1 Å². The minimum absolute atomic E-state index is 0.185.